The van der Waals surface area contributed by atoms with E-state index in [1.54, 1.807) is 6.20 Å². The molecule has 3 rings (SSSR count). The van der Waals surface area contributed by atoms with Crippen molar-refractivity contribution in [2.24, 2.45) is 0 Å². The van der Waals surface area contributed by atoms with Crippen molar-refractivity contribution in [3.05, 3.63) is 60.8 Å². The molecule has 0 spiro atoms. The van der Waals surface area contributed by atoms with Gasteiger partial charge in [-0.3, -0.25) is 0 Å². The Morgan fingerprint density at radius 2 is 1.55 bits per heavy atom. The molecule has 0 aliphatic heterocycles. The summed E-state index contributed by atoms with van der Waals surface area (Å²) >= 11 is 0. The molecule has 20 heavy (non-hydrogen) atoms. The van der Waals surface area contributed by atoms with Gasteiger partial charge in [-0.15, -0.1) is 5.10 Å². The Morgan fingerprint density at radius 3 is 2.25 bits per heavy atom. The maximum atomic E-state index is 5.72. The molecule has 98 valence electrons. The number of nitrogen functional groups attached to an aromatic ring is 1. The Kier molecular flexibility index (Phi) is 3.24. The van der Waals surface area contributed by atoms with Crippen molar-refractivity contribution >= 4 is 5.95 Å². The van der Waals surface area contributed by atoms with E-state index in [-0.39, 0.29) is 5.95 Å². The number of rotatable bonds is 3. The summed E-state index contributed by atoms with van der Waals surface area (Å²) in [5.74, 6) is 1.72. The molecule has 0 saturated carbocycles. The lowest BCUT2D eigenvalue weighted by Gasteiger charge is -2.06. The summed E-state index contributed by atoms with van der Waals surface area (Å²) in [7, 11) is 0. The monoisotopic (exact) mass is 264 g/mol. The highest BCUT2D eigenvalue weighted by atomic mass is 16.5. The van der Waals surface area contributed by atoms with Crippen molar-refractivity contribution in [1.29, 1.82) is 0 Å². The maximum Gasteiger partial charge on any atom is 0.240 e. The third kappa shape index (κ3) is 2.72. The largest absolute Gasteiger partial charge is 0.457 e. The van der Waals surface area contributed by atoms with Crippen LogP contribution in [-0.4, -0.2) is 15.2 Å². The fraction of sp³-hybridized carbons (Fsp3) is 0. The van der Waals surface area contributed by atoms with Gasteiger partial charge in [-0.05, 0) is 36.4 Å². The third-order valence-corrected chi connectivity index (χ3v) is 2.70. The van der Waals surface area contributed by atoms with E-state index in [9.17, 15) is 0 Å². The molecule has 0 atom stereocenters. The molecule has 0 radical (unpaired) electrons. The lowest BCUT2D eigenvalue weighted by molar-refractivity contribution is 0.483. The van der Waals surface area contributed by atoms with Crippen molar-refractivity contribution in [2.45, 2.75) is 0 Å². The molecule has 5 nitrogen and oxygen atoms in total. The lowest BCUT2D eigenvalue weighted by Crippen LogP contribution is -1.97. The van der Waals surface area contributed by atoms with Crippen LogP contribution in [0, 0.1) is 0 Å². The van der Waals surface area contributed by atoms with Crippen LogP contribution in [0.5, 0.6) is 11.5 Å². The fourth-order valence-electron chi connectivity index (χ4n) is 1.77. The van der Waals surface area contributed by atoms with Crippen molar-refractivity contribution < 1.29 is 4.74 Å². The van der Waals surface area contributed by atoms with E-state index in [0.29, 0.717) is 5.69 Å². The lowest BCUT2D eigenvalue weighted by atomic mass is 10.1. The molecule has 0 aliphatic rings. The van der Waals surface area contributed by atoms with Crippen LogP contribution in [-0.2, 0) is 0 Å². The first-order chi connectivity index (χ1) is 9.81. The smallest absolute Gasteiger partial charge is 0.240 e. The fourth-order valence-corrected chi connectivity index (χ4v) is 1.77. The minimum atomic E-state index is 0.159. The molecule has 0 saturated heterocycles. The van der Waals surface area contributed by atoms with Gasteiger partial charge >= 0.3 is 0 Å². The van der Waals surface area contributed by atoms with Crippen molar-refractivity contribution in [2.75, 3.05) is 5.73 Å². The molecule has 0 unspecified atom stereocenters. The number of para-hydroxylation sites is 1. The number of benzene rings is 2. The van der Waals surface area contributed by atoms with Gasteiger partial charge in [-0.2, -0.15) is 5.10 Å². The first kappa shape index (κ1) is 12.1. The first-order valence-electron chi connectivity index (χ1n) is 6.10. The number of aromatic nitrogens is 3. The van der Waals surface area contributed by atoms with Crippen LogP contribution in [0.2, 0.25) is 0 Å². The van der Waals surface area contributed by atoms with E-state index < -0.39 is 0 Å². The molecule has 0 fully saturated rings. The third-order valence-electron chi connectivity index (χ3n) is 2.70. The summed E-state index contributed by atoms with van der Waals surface area (Å²) in [6.45, 7) is 0. The van der Waals surface area contributed by atoms with E-state index in [2.05, 4.69) is 15.2 Å². The molecule has 5 heteroatoms. The van der Waals surface area contributed by atoms with Crippen LogP contribution in [0.1, 0.15) is 0 Å². The van der Waals surface area contributed by atoms with Gasteiger partial charge in [0.25, 0.3) is 0 Å². The summed E-state index contributed by atoms with van der Waals surface area (Å²) < 4.78 is 5.72. The van der Waals surface area contributed by atoms with Gasteiger partial charge in [0.2, 0.25) is 5.95 Å². The van der Waals surface area contributed by atoms with Gasteiger partial charge in [-0.25, -0.2) is 4.98 Å². The Morgan fingerprint density at radius 1 is 0.850 bits per heavy atom. The van der Waals surface area contributed by atoms with Gasteiger partial charge in [-0.1, -0.05) is 18.2 Å². The van der Waals surface area contributed by atoms with Gasteiger partial charge in [0.1, 0.15) is 11.5 Å². The number of hydrogen-bond acceptors (Lipinski definition) is 5. The Bertz CT molecular complexity index is 699. The molecule has 3 aromatic rings. The Hall–Kier alpha value is -2.95. The summed E-state index contributed by atoms with van der Waals surface area (Å²) in [6, 6.07) is 17.2. The standard InChI is InChI=1S/C15H12N4O/c16-15-18-14(10-17-19-15)11-6-8-13(9-7-11)20-12-4-2-1-3-5-12/h1-10H,(H2,16,18,19). The average Bonchev–Trinajstić information content (AvgIpc) is 2.49. The van der Waals surface area contributed by atoms with E-state index in [4.69, 9.17) is 10.5 Å². The van der Waals surface area contributed by atoms with Crippen molar-refractivity contribution in [1.82, 2.24) is 15.2 Å². The summed E-state index contributed by atoms with van der Waals surface area (Å²) in [5.41, 5.74) is 7.11. The molecule has 0 amide bonds. The summed E-state index contributed by atoms with van der Waals surface area (Å²) in [4.78, 5) is 4.12. The predicted octanol–water partition coefficient (Wildman–Crippen LogP) is 2.91. The number of nitrogens with two attached hydrogens (primary N) is 1. The zero-order chi connectivity index (χ0) is 13.8. The van der Waals surface area contributed by atoms with E-state index in [1.165, 1.54) is 0 Å². The van der Waals surface area contributed by atoms with Crippen LogP contribution >= 0.6 is 0 Å². The van der Waals surface area contributed by atoms with Crippen molar-refractivity contribution in [3.8, 4) is 22.8 Å². The van der Waals surface area contributed by atoms with Crippen LogP contribution in [0.25, 0.3) is 11.3 Å². The Balaban J connectivity index is 1.81. The summed E-state index contributed by atoms with van der Waals surface area (Å²) in [5, 5.41) is 7.41. The second-order valence-corrected chi connectivity index (χ2v) is 4.14. The maximum absolute atomic E-state index is 5.72. The molecule has 1 heterocycles. The van der Waals surface area contributed by atoms with Gasteiger partial charge < -0.3 is 10.5 Å². The van der Waals surface area contributed by atoms with Gasteiger partial charge in [0.05, 0.1) is 11.9 Å². The van der Waals surface area contributed by atoms with Crippen LogP contribution < -0.4 is 10.5 Å². The van der Waals surface area contributed by atoms with Crippen molar-refractivity contribution in [3.63, 3.8) is 0 Å². The van der Waals surface area contributed by atoms with Crippen LogP contribution in [0.4, 0.5) is 5.95 Å². The van der Waals surface area contributed by atoms with E-state index in [1.807, 2.05) is 54.6 Å². The molecule has 0 bridgehead atoms. The first-order valence-corrected chi connectivity index (χ1v) is 6.10. The average molecular weight is 264 g/mol. The van der Waals surface area contributed by atoms with Gasteiger partial charge in [0.15, 0.2) is 0 Å². The molecular weight excluding hydrogens is 252 g/mol. The minimum absolute atomic E-state index is 0.159. The number of nitrogens with zero attached hydrogens (tertiary/aromatic N) is 3. The molecule has 1 aromatic heterocycles. The highest BCUT2D eigenvalue weighted by Gasteiger charge is 2.02. The second kappa shape index (κ2) is 5.36. The number of anilines is 1. The SMILES string of the molecule is Nc1nncc(-c2ccc(Oc3ccccc3)cc2)n1. The molecule has 2 aromatic carbocycles. The molecule has 2 N–H and O–H groups in total. The topological polar surface area (TPSA) is 73.9 Å². The molecule has 0 aliphatic carbocycles. The summed E-state index contributed by atoms with van der Waals surface area (Å²) in [6.07, 6.45) is 1.57. The minimum Gasteiger partial charge on any atom is -0.457 e. The number of hydrogen-bond donors (Lipinski definition) is 1. The molecular formula is C15H12N4O. The Labute approximate surface area is 116 Å². The van der Waals surface area contributed by atoms with Crippen LogP contribution in [0.15, 0.2) is 60.8 Å². The zero-order valence-electron chi connectivity index (χ0n) is 10.6. The second-order valence-electron chi connectivity index (χ2n) is 4.14. The highest BCUT2D eigenvalue weighted by molar-refractivity contribution is 5.59. The van der Waals surface area contributed by atoms with Crippen LogP contribution in [0.3, 0.4) is 0 Å². The van der Waals surface area contributed by atoms with Gasteiger partial charge in [0, 0.05) is 5.56 Å². The normalized spacial score (nSPS) is 10.2. The zero-order valence-corrected chi connectivity index (χ0v) is 10.6. The van der Waals surface area contributed by atoms with E-state index >= 15 is 0 Å². The quantitative estimate of drug-likeness (QED) is 0.787. The predicted molar refractivity (Wildman–Crippen MR) is 76.2 cm³/mol. The highest BCUT2D eigenvalue weighted by Crippen LogP contribution is 2.24. The van der Waals surface area contributed by atoms with E-state index in [0.717, 1.165) is 17.1 Å². The number of ether oxygens (including phenoxy) is 1.